The van der Waals surface area contributed by atoms with Gasteiger partial charge in [0.25, 0.3) is 0 Å². The summed E-state index contributed by atoms with van der Waals surface area (Å²) in [5, 5.41) is 4.82. The van der Waals surface area contributed by atoms with E-state index in [1.165, 1.54) is 66.1 Å². The Kier molecular flexibility index (Phi) is 6.51. The van der Waals surface area contributed by atoms with E-state index in [2.05, 4.69) is 162 Å². The van der Waals surface area contributed by atoms with Crippen LogP contribution in [0.2, 0.25) is 0 Å². The first kappa shape index (κ1) is 25.8. The van der Waals surface area contributed by atoms with Crippen molar-refractivity contribution in [3.63, 3.8) is 0 Å². The fraction of sp³-hybridized carbons (Fsp3) is 0. The van der Waals surface area contributed by atoms with Crippen LogP contribution in [0.4, 0.5) is 0 Å². The zero-order valence-corrected chi connectivity index (χ0v) is 24.1. The van der Waals surface area contributed by atoms with Crippen molar-refractivity contribution in [2.75, 3.05) is 0 Å². The summed E-state index contributed by atoms with van der Waals surface area (Å²) in [5.74, 6) is 0.719. The Hall–Kier alpha value is -5.86. The van der Waals surface area contributed by atoms with Crippen LogP contribution in [0.1, 0.15) is 0 Å². The molecule has 0 amide bonds. The topological polar surface area (TPSA) is 25.8 Å². The van der Waals surface area contributed by atoms with Crippen LogP contribution in [-0.2, 0) is 0 Å². The first-order chi connectivity index (χ1) is 21.9. The molecule has 0 fully saturated rings. The van der Waals surface area contributed by atoms with Crippen LogP contribution < -0.4 is 0 Å². The minimum atomic E-state index is 0.719. The summed E-state index contributed by atoms with van der Waals surface area (Å²) < 4.78 is 0. The number of hydrogen-bond acceptors (Lipinski definition) is 2. The van der Waals surface area contributed by atoms with E-state index in [0.717, 1.165) is 11.4 Å². The van der Waals surface area contributed by atoms with Crippen LogP contribution in [0.3, 0.4) is 0 Å². The van der Waals surface area contributed by atoms with Crippen molar-refractivity contribution in [3.8, 4) is 55.9 Å². The maximum absolute atomic E-state index is 4.61. The van der Waals surface area contributed by atoms with E-state index in [1.807, 2.05) is 6.07 Å². The molecular formula is C42H28N2. The van der Waals surface area contributed by atoms with E-state index >= 15 is 0 Å². The zero-order valence-electron chi connectivity index (χ0n) is 24.1. The van der Waals surface area contributed by atoms with Crippen molar-refractivity contribution >= 4 is 21.5 Å². The molecule has 1 heterocycles. The maximum atomic E-state index is 4.61. The van der Waals surface area contributed by atoms with Crippen molar-refractivity contribution < 1.29 is 0 Å². The summed E-state index contributed by atoms with van der Waals surface area (Å²) in [6.07, 6.45) is 3.61. The minimum absolute atomic E-state index is 0.719. The predicted octanol–water partition coefficient (Wildman–Crippen LogP) is 11.1. The van der Waals surface area contributed by atoms with Gasteiger partial charge in [-0.25, -0.2) is 9.97 Å². The van der Waals surface area contributed by atoms with Crippen molar-refractivity contribution in [3.05, 3.63) is 170 Å². The van der Waals surface area contributed by atoms with Crippen LogP contribution in [0.15, 0.2) is 170 Å². The average molecular weight is 561 g/mol. The number of hydrogen-bond donors (Lipinski definition) is 0. The summed E-state index contributed by atoms with van der Waals surface area (Å²) in [7, 11) is 0. The van der Waals surface area contributed by atoms with Gasteiger partial charge in [0.2, 0.25) is 0 Å². The summed E-state index contributed by atoms with van der Waals surface area (Å²) >= 11 is 0. The van der Waals surface area contributed by atoms with Crippen LogP contribution >= 0.6 is 0 Å². The van der Waals surface area contributed by atoms with Gasteiger partial charge in [-0.15, -0.1) is 0 Å². The van der Waals surface area contributed by atoms with E-state index in [4.69, 9.17) is 0 Å². The molecule has 0 N–H and O–H groups in total. The molecule has 2 nitrogen and oxygen atoms in total. The van der Waals surface area contributed by atoms with Crippen molar-refractivity contribution in [2.24, 2.45) is 0 Å². The van der Waals surface area contributed by atoms with Crippen LogP contribution in [0.25, 0.3) is 77.4 Å². The molecular weight excluding hydrogens is 532 g/mol. The lowest BCUT2D eigenvalue weighted by molar-refractivity contribution is 1.18. The third kappa shape index (κ3) is 4.45. The lowest BCUT2D eigenvalue weighted by Crippen LogP contribution is -1.95. The largest absolute Gasteiger partial charge is 0.237 e. The summed E-state index contributed by atoms with van der Waals surface area (Å²) in [4.78, 5) is 9.22. The van der Waals surface area contributed by atoms with Crippen molar-refractivity contribution in [1.29, 1.82) is 0 Å². The molecule has 7 aromatic carbocycles. The Labute approximate surface area is 257 Å². The second-order valence-electron chi connectivity index (χ2n) is 11.0. The molecule has 44 heavy (non-hydrogen) atoms. The van der Waals surface area contributed by atoms with Gasteiger partial charge in [0.1, 0.15) is 0 Å². The molecule has 8 rings (SSSR count). The SMILES string of the molecule is c1ccc(-c2ccccc2-c2c3ccccc3c(-c3ccccc3-c3ccccc3)c3cc(-c4ncccn4)ccc23)cc1. The fourth-order valence-corrected chi connectivity index (χ4v) is 6.49. The molecule has 0 aliphatic heterocycles. The van der Waals surface area contributed by atoms with E-state index < -0.39 is 0 Å². The lowest BCUT2D eigenvalue weighted by Gasteiger charge is -2.21. The monoisotopic (exact) mass is 560 g/mol. The van der Waals surface area contributed by atoms with Crippen molar-refractivity contribution in [1.82, 2.24) is 9.97 Å². The summed E-state index contributed by atoms with van der Waals surface area (Å²) in [5.41, 5.74) is 10.7. The van der Waals surface area contributed by atoms with Gasteiger partial charge in [-0.05, 0) is 78.2 Å². The van der Waals surface area contributed by atoms with Crippen LogP contribution in [0, 0.1) is 0 Å². The molecule has 0 unspecified atom stereocenters. The Morgan fingerprint density at radius 1 is 0.295 bits per heavy atom. The average Bonchev–Trinajstić information content (AvgIpc) is 3.11. The van der Waals surface area contributed by atoms with Gasteiger partial charge in [0, 0.05) is 18.0 Å². The van der Waals surface area contributed by atoms with Gasteiger partial charge in [0.05, 0.1) is 0 Å². The van der Waals surface area contributed by atoms with Gasteiger partial charge in [-0.2, -0.15) is 0 Å². The summed E-state index contributed by atoms with van der Waals surface area (Å²) in [6, 6.07) is 56.3. The van der Waals surface area contributed by atoms with E-state index in [0.29, 0.717) is 0 Å². The molecule has 2 heteroatoms. The molecule has 0 radical (unpaired) electrons. The molecule has 0 bridgehead atoms. The van der Waals surface area contributed by atoms with Gasteiger partial charge >= 0.3 is 0 Å². The third-order valence-corrected chi connectivity index (χ3v) is 8.41. The van der Waals surface area contributed by atoms with Crippen LogP contribution in [0.5, 0.6) is 0 Å². The lowest BCUT2D eigenvalue weighted by atomic mass is 9.82. The highest BCUT2D eigenvalue weighted by molar-refractivity contribution is 6.23. The van der Waals surface area contributed by atoms with Gasteiger partial charge in [0.15, 0.2) is 5.82 Å². The number of fused-ring (bicyclic) bond motifs is 2. The predicted molar refractivity (Wildman–Crippen MR) is 184 cm³/mol. The standard InChI is InChI=1S/C42H28N2/c1-3-14-29(15-4-1)32-18-7-9-20-34(32)40-36-22-11-12-23-37(36)41(35-21-10-8-19-33(35)30-16-5-2-6-17-30)39-28-31(24-25-38(39)40)42-43-26-13-27-44-42/h1-28H. The highest BCUT2D eigenvalue weighted by Gasteiger charge is 2.21. The molecule has 0 spiro atoms. The molecule has 0 aliphatic rings. The van der Waals surface area contributed by atoms with E-state index in [-0.39, 0.29) is 0 Å². The van der Waals surface area contributed by atoms with Gasteiger partial charge in [-0.1, -0.05) is 146 Å². The van der Waals surface area contributed by atoms with Gasteiger partial charge < -0.3 is 0 Å². The van der Waals surface area contributed by atoms with Crippen LogP contribution in [-0.4, -0.2) is 9.97 Å². The Balaban J connectivity index is 1.53. The molecule has 0 saturated carbocycles. The highest BCUT2D eigenvalue weighted by Crippen LogP contribution is 2.48. The quantitative estimate of drug-likeness (QED) is 0.196. The Morgan fingerprint density at radius 3 is 1.27 bits per heavy atom. The number of aromatic nitrogens is 2. The number of nitrogens with zero attached hydrogens (tertiary/aromatic N) is 2. The smallest absolute Gasteiger partial charge is 0.159 e. The maximum Gasteiger partial charge on any atom is 0.159 e. The summed E-state index contributed by atoms with van der Waals surface area (Å²) in [6.45, 7) is 0. The Bertz CT molecular complexity index is 2260. The fourth-order valence-electron chi connectivity index (χ4n) is 6.49. The van der Waals surface area contributed by atoms with E-state index in [9.17, 15) is 0 Å². The Morgan fingerprint density at radius 2 is 0.727 bits per heavy atom. The molecule has 0 aliphatic carbocycles. The molecule has 0 saturated heterocycles. The zero-order chi connectivity index (χ0) is 29.3. The second-order valence-corrected chi connectivity index (χ2v) is 11.0. The second kappa shape index (κ2) is 11.1. The highest BCUT2D eigenvalue weighted by atomic mass is 14.8. The first-order valence-corrected chi connectivity index (χ1v) is 14.9. The molecule has 0 atom stereocenters. The van der Waals surface area contributed by atoms with Gasteiger partial charge in [-0.3, -0.25) is 0 Å². The third-order valence-electron chi connectivity index (χ3n) is 8.41. The van der Waals surface area contributed by atoms with Crippen molar-refractivity contribution in [2.45, 2.75) is 0 Å². The first-order valence-electron chi connectivity index (χ1n) is 14.9. The minimum Gasteiger partial charge on any atom is -0.237 e. The molecule has 1 aromatic heterocycles. The molecule has 8 aromatic rings. The van der Waals surface area contributed by atoms with E-state index in [1.54, 1.807) is 12.4 Å². The number of benzene rings is 7. The number of rotatable bonds is 5. The molecule has 206 valence electrons. The normalized spacial score (nSPS) is 11.2.